The van der Waals surface area contributed by atoms with Crippen molar-refractivity contribution in [3.05, 3.63) is 39.8 Å². The van der Waals surface area contributed by atoms with Crippen LogP contribution in [0, 0.1) is 6.92 Å². The molecule has 0 saturated heterocycles. The molecule has 0 aliphatic heterocycles. The first-order valence-electron chi connectivity index (χ1n) is 9.85. The van der Waals surface area contributed by atoms with Gasteiger partial charge in [0.25, 0.3) is 0 Å². The Labute approximate surface area is 172 Å². The van der Waals surface area contributed by atoms with Gasteiger partial charge >= 0.3 is 0 Å². The van der Waals surface area contributed by atoms with Crippen molar-refractivity contribution in [1.29, 1.82) is 0 Å². The molecule has 28 heavy (non-hydrogen) atoms. The van der Waals surface area contributed by atoms with Crippen LogP contribution in [0.3, 0.4) is 0 Å². The van der Waals surface area contributed by atoms with Gasteiger partial charge in [0.15, 0.2) is 17.5 Å². The maximum atomic E-state index is 5.73. The minimum absolute atomic E-state index is 0.0858. The molecule has 1 aromatic heterocycles. The summed E-state index contributed by atoms with van der Waals surface area (Å²) in [5.74, 6) is 2.34. The molecule has 0 saturated carbocycles. The average molecular weight is 405 g/mol. The first-order valence-corrected chi connectivity index (χ1v) is 10.7. The number of thiazole rings is 1. The third-order valence-electron chi connectivity index (χ3n) is 4.17. The van der Waals surface area contributed by atoms with Crippen LogP contribution >= 0.6 is 11.3 Å². The Bertz CT molecular complexity index is 761. The molecular weight excluding hydrogens is 372 g/mol. The third-order valence-corrected chi connectivity index (χ3v) is 5.20. The van der Waals surface area contributed by atoms with Crippen molar-refractivity contribution in [1.82, 2.24) is 15.6 Å². The molecule has 0 aliphatic carbocycles. The van der Waals surface area contributed by atoms with Gasteiger partial charge in [-0.15, -0.1) is 11.3 Å². The predicted octanol–water partition coefficient (Wildman–Crippen LogP) is 4.11. The third kappa shape index (κ3) is 6.71. The van der Waals surface area contributed by atoms with Crippen molar-refractivity contribution in [3.8, 4) is 11.5 Å². The zero-order valence-corrected chi connectivity index (χ0v) is 18.4. The molecule has 1 aromatic carbocycles. The topological polar surface area (TPSA) is 67.8 Å². The van der Waals surface area contributed by atoms with Crippen LogP contribution in [0.25, 0.3) is 0 Å². The largest absolute Gasteiger partial charge is 0.490 e. The predicted molar refractivity (Wildman–Crippen MR) is 117 cm³/mol. The standard InChI is InChI=1S/C21H32N4O2S/c1-6-26-18-11-10-17(13-19(18)27-7-2)16(4)25-21(22-5)23-12-8-9-20-24-15(3)14-28-20/h10-11,13-14,16H,6-9,12H2,1-5H3,(H2,22,23,25). The summed E-state index contributed by atoms with van der Waals surface area (Å²) in [6.45, 7) is 10.2. The second-order valence-electron chi connectivity index (χ2n) is 6.42. The number of nitrogens with zero attached hydrogens (tertiary/aromatic N) is 2. The molecule has 0 amide bonds. The van der Waals surface area contributed by atoms with E-state index >= 15 is 0 Å². The summed E-state index contributed by atoms with van der Waals surface area (Å²) in [5.41, 5.74) is 2.22. The van der Waals surface area contributed by atoms with E-state index in [9.17, 15) is 0 Å². The highest BCUT2D eigenvalue weighted by Crippen LogP contribution is 2.30. The molecule has 0 aliphatic rings. The molecule has 0 bridgehead atoms. The number of ether oxygens (including phenoxy) is 2. The summed E-state index contributed by atoms with van der Waals surface area (Å²) in [4.78, 5) is 8.84. The van der Waals surface area contributed by atoms with Crippen LogP contribution in [0.15, 0.2) is 28.6 Å². The first kappa shape index (κ1) is 22.0. The Balaban J connectivity index is 1.88. The number of benzene rings is 1. The lowest BCUT2D eigenvalue weighted by Crippen LogP contribution is -2.39. The number of hydrogen-bond acceptors (Lipinski definition) is 5. The van der Waals surface area contributed by atoms with Gasteiger partial charge in [0.2, 0.25) is 0 Å². The summed E-state index contributed by atoms with van der Waals surface area (Å²) in [5, 5.41) is 10.1. The average Bonchev–Trinajstić information content (AvgIpc) is 3.11. The molecule has 6 nitrogen and oxygen atoms in total. The van der Waals surface area contributed by atoms with Crippen molar-refractivity contribution in [2.45, 2.75) is 46.6 Å². The van der Waals surface area contributed by atoms with Crippen molar-refractivity contribution in [2.24, 2.45) is 4.99 Å². The molecule has 0 fully saturated rings. The fraction of sp³-hybridized carbons (Fsp3) is 0.524. The highest BCUT2D eigenvalue weighted by Gasteiger charge is 2.12. The number of aryl methyl sites for hydroxylation is 2. The van der Waals surface area contributed by atoms with Gasteiger partial charge in [0.1, 0.15) is 0 Å². The van der Waals surface area contributed by atoms with Crippen LogP contribution in [0.4, 0.5) is 0 Å². The molecule has 1 heterocycles. The second kappa shape index (κ2) is 11.5. The van der Waals surface area contributed by atoms with Crippen molar-refractivity contribution in [2.75, 3.05) is 26.8 Å². The van der Waals surface area contributed by atoms with E-state index < -0.39 is 0 Å². The Morgan fingerprint density at radius 2 is 1.96 bits per heavy atom. The fourth-order valence-electron chi connectivity index (χ4n) is 2.78. The number of nitrogens with one attached hydrogen (secondary N) is 2. The summed E-state index contributed by atoms with van der Waals surface area (Å²) in [6, 6.07) is 6.14. The van der Waals surface area contributed by atoms with Crippen LogP contribution in [-0.4, -0.2) is 37.7 Å². The SMILES string of the molecule is CCOc1ccc(C(C)NC(=NC)NCCCc2nc(C)cs2)cc1OCC. The minimum atomic E-state index is 0.0858. The van der Waals surface area contributed by atoms with E-state index in [0.717, 1.165) is 48.1 Å². The Morgan fingerprint density at radius 3 is 2.61 bits per heavy atom. The Morgan fingerprint density at radius 1 is 1.21 bits per heavy atom. The van der Waals surface area contributed by atoms with Crippen LogP contribution in [-0.2, 0) is 6.42 Å². The summed E-state index contributed by atoms with van der Waals surface area (Å²) in [6.07, 6.45) is 1.99. The van der Waals surface area contributed by atoms with E-state index in [1.165, 1.54) is 5.01 Å². The number of rotatable bonds is 10. The van der Waals surface area contributed by atoms with Gasteiger partial charge in [-0.3, -0.25) is 4.99 Å². The second-order valence-corrected chi connectivity index (χ2v) is 7.37. The maximum absolute atomic E-state index is 5.73. The zero-order valence-electron chi connectivity index (χ0n) is 17.5. The molecular formula is C21H32N4O2S. The van der Waals surface area contributed by atoms with E-state index in [-0.39, 0.29) is 6.04 Å². The van der Waals surface area contributed by atoms with E-state index in [1.54, 1.807) is 18.4 Å². The molecule has 1 unspecified atom stereocenters. The Kier molecular flexibility index (Phi) is 9.07. The monoisotopic (exact) mass is 404 g/mol. The van der Waals surface area contributed by atoms with E-state index in [2.05, 4.69) is 39.0 Å². The zero-order chi connectivity index (χ0) is 20.4. The quantitative estimate of drug-likeness (QED) is 0.354. The summed E-state index contributed by atoms with van der Waals surface area (Å²) < 4.78 is 11.4. The van der Waals surface area contributed by atoms with Crippen molar-refractivity contribution < 1.29 is 9.47 Å². The van der Waals surface area contributed by atoms with Crippen LogP contribution in [0.2, 0.25) is 0 Å². The lowest BCUT2D eigenvalue weighted by Gasteiger charge is -2.20. The van der Waals surface area contributed by atoms with Crippen LogP contribution in [0.1, 0.15) is 49.5 Å². The number of aromatic nitrogens is 1. The summed E-state index contributed by atoms with van der Waals surface area (Å²) >= 11 is 1.73. The van der Waals surface area contributed by atoms with Crippen molar-refractivity contribution in [3.63, 3.8) is 0 Å². The molecule has 0 spiro atoms. The van der Waals surface area contributed by atoms with Crippen LogP contribution < -0.4 is 20.1 Å². The number of hydrogen-bond donors (Lipinski definition) is 2. The maximum Gasteiger partial charge on any atom is 0.191 e. The Hall–Kier alpha value is -2.28. The van der Waals surface area contributed by atoms with Gasteiger partial charge < -0.3 is 20.1 Å². The van der Waals surface area contributed by atoms with E-state index in [4.69, 9.17) is 9.47 Å². The smallest absolute Gasteiger partial charge is 0.191 e. The lowest BCUT2D eigenvalue weighted by molar-refractivity contribution is 0.287. The molecule has 0 radical (unpaired) electrons. The normalized spacial score (nSPS) is 12.5. The number of guanidine groups is 1. The van der Waals surface area contributed by atoms with E-state index in [0.29, 0.717) is 13.2 Å². The highest BCUT2D eigenvalue weighted by molar-refractivity contribution is 7.09. The number of aliphatic imine (C=N–C) groups is 1. The van der Waals surface area contributed by atoms with Gasteiger partial charge in [0, 0.05) is 31.1 Å². The van der Waals surface area contributed by atoms with Crippen molar-refractivity contribution >= 4 is 17.3 Å². The molecule has 7 heteroatoms. The molecule has 2 N–H and O–H groups in total. The van der Waals surface area contributed by atoms with E-state index in [1.807, 2.05) is 32.9 Å². The van der Waals surface area contributed by atoms with Gasteiger partial charge in [0.05, 0.1) is 24.3 Å². The molecule has 154 valence electrons. The summed E-state index contributed by atoms with van der Waals surface area (Å²) in [7, 11) is 1.79. The van der Waals surface area contributed by atoms with Gasteiger partial charge in [-0.1, -0.05) is 6.07 Å². The van der Waals surface area contributed by atoms with Crippen LogP contribution in [0.5, 0.6) is 11.5 Å². The first-order chi connectivity index (χ1) is 13.6. The molecule has 2 rings (SSSR count). The van der Waals surface area contributed by atoms with Gasteiger partial charge in [-0.2, -0.15) is 0 Å². The van der Waals surface area contributed by atoms with Gasteiger partial charge in [-0.25, -0.2) is 4.98 Å². The molecule has 2 aromatic rings. The highest BCUT2D eigenvalue weighted by atomic mass is 32.1. The fourth-order valence-corrected chi connectivity index (χ4v) is 3.60. The molecule has 1 atom stereocenters. The lowest BCUT2D eigenvalue weighted by atomic mass is 10.1. The van der Waals surface area contributed by atoms with Gasteiger partial charge in [-0.05, 0) is 51.8 Å². The minimum Gasteiger partial charge on any atom is -0.490 e.